The Hall–Kier alpha value is -0.146. The van der Waals surface area contributed by atoms with Gasteiger partial charge in [-0.1, -0.05) is 312 Å². The van der Waals surface area contributed by atoms with Crippen molar-refractivity contribution in [3.8, 4) is 0 Å². The van der Waals surface area contributed by atoms with Gasteiger partial charge in [0.2, 0.25) is 0 Å². The van der Waals surface area contributed by atoms with E-state index in [9.17, 15) is 0 Å². The van der Waals surface area contributed by atoms with Crippen LogP contribution < -0.4 is 42.5 Å². The quantitative estimate of drug-likeness (QED) is 0.0214. The fourth-order valence-electron chi connectivity index (χ4n) is 22.1. The second-order valence-electron chi connectivity index (χ2n) is 37.8. The Morgan fingerprint density at radius 3 is 0.354 bits per heavy atom. The smallest absolute Gasteiger partial charge is 0.376 e. The number of hydrogen-bond donors (Lipinski definition) is 8. The monoisotopic (exact) mass is 1640 g/mol. The van der Waals surface area contributed by atoms with E-state index in [0.29, 0.717) is 47.3 Å². The van der Waals surface area contributed by atoms with Gasteiger partial charge < -0.3 is 37.9 Å². The largest absolute Gasteiger partial charge is 2.00 e. The van der Waals surface area contributed by atoms with Gasteiger partial charge in [-0.25, -0.2) is 0 Å². The van der Waals surface area contributed by atoms with Crippen LogP contribution in [0.15, 0.2) is 0 Å². The Kier molecular flexibility index (Phi) is 51.8. The van der Waals surface area contributed by atoms with Gasteiger partial charge in [-0.05, 0) is 150 Å². The van der Waals surface area contributed by atoms with Crippen LogP contribution in [0.4, 0.5) is 0 Å². The van der Waals surface area contributed by atoms with E-state index in [2.05, 4.69) is 97.9 Å². The second kappa shape index (κ2) is 59.6. The van der Waals surface area contributed by atoms with Crippen molar-refractivity contribution in [3.05, 3.63) is 0 Å². The third-order valence-corrected chi connectivity index (χ3v) is 28.8. The van der Waals surface area contributed by atoms with E-state index in [1.165, 1.54) is 257 Å². The molecule has 4 aliphatic carbocycles. The Morgan fingerprint density at radius 2 is 0.248 bits per heavy atom. The summed E-state index contributed by atoms with van der Waals surface area (Å²) in [5.74, 6) is 2.64. The molecule has 0 amide bonds. The molecule has 4 saturated carbocycles. The van der Waals surface area contributed by atoms with Gasteiger partial charge in [-0.15, -0.1) is 0 Å². The first kappa shape index (κ1) is 98.3. The molecular formula is C96H184N8NiO8+2. The summed E-state index contributed by atoms with van der Waals surface area (Å²) in [5, 5.41) is 36.5. The van der Waals surface area contributed by atoms with Crippen LogP contribution in [0.25, 0.3) is 0 Å². The predicted molar refractivity (Wildman–Crippen MR) is 465 cm³/mol. The maximum atomic E-state index is 7.30. The van der Waals surface area contributed by atoms with E-state index in [0.717, 1.165) is 156 Å². The molecule has 8 N–H and O–H groups in total. The molecule has 9 rings (SSSR count). The number of hydrogen-bond acceptors (Lipinski definition) is 16. The number of ether oxygens (including phenoxy) is 8. The molecule has 5 heterocycles. The van der Waals surface area contributed by atoms with Crippen LogP contribution >= 0.6 is 0 Å². The van der Waals surface area contributed by atoms with E-state index in [1.54, 1.807) is 0 Å². The molecule has 0 aromatic heterocycles. The van der Waals surface area contributed by atoms with Gasteiger partial charge in [0.05, 0.1) is 98.2 Å². The molecule has 16 unspecified atom stereocenters. The summed E-state index contributed by atoms with van der Waals surface area (Å²) in [6.07, 6.45) is 69.4. The molecular weight excluding hydrogens is 1450 g/mol. The Morgan fingerprint density at radius 1 is 0.150 bits per heavy atom. The van der Waals surface area contributed by atoms with E-state index in [1.807, 2.05) is 0 Å². The maximum Gasteiger partial charge on any atom is 2.00 e. The molecule has 5 aliphatic heterocycles. The van der Waals surface area contributed by atoms with Crippen molar-refractivity contribution in [2.24, 2.45) is 47.3 Å². The Labute approximate surface area is 706 Å². The third-order valence-electron chi connectivity index (χ3n) is 28.8. The second-order valence-corrected chi connectivity index (χ2v) is 37.8. The Bertz CT molecular complexity index is 1850. The summed E-state index contributed by atoms with van der Waals surface area (Å²) < 4.78 is 58.4. The van der Waals surface area contributed by atoms with E-state index in [-0.39, 0.29) is 115 Å². The zero-order chi connectivity index (χ0) is 78.4. The van der Waals surface area contributed by atoms with E-state index >= 15 is 0 Å². The van der Waals surface area contributed by atoms with Crippen LogP contribution in [0.1, 0.15) is 415 Å². The van der Waals surface area contributed by atoms with E-state index in [4.69, 9.17) is 37.9 Å². The molecule has 16 nitrogen and oxygen atoms in total. The third kappa shape index (κ3) is 33.8. The number of fused-ring (bicyclic) bond motifs is 20. The first-order valence-electron chi connectivity index (χ1n) is 50.3. The van der Waals surface area contributed by atoms with Crippen molar-refractivity contribution in [3.63, 3.8) is 0 Å². The normalized spacial score (nSPS) is 33.3. The van der Waals surface area contributed by atoms with Gasteiger partial charge in [0, 0.05) is 52.9 Å². The molecule has 9 fully saturated rings. The van der Waals surface area contributed by atoms with Crippen LogP contribution in [-0.2, 0) is 54.4 Å². The molecule has 0 radical (unpaired) electrons. The number of unbranched alkanes of at least 4 members (excludes halogenated alkanes) is 40. The molecule has 0 aromatic carbocycles. The predicted octanol–water partition coefficient (Wildman–Crippen LogP) is 21.4. The fourth-order valence-corrected chi connectivity index (χ4v) is 22.1. The minimum Gasteiger partial charge on any atom is -0.376 e. The fraction of sp³-hybridized carbons (Fsp3) is 1.00. The minimum atomic E-state index is 0. The summed E-state index contributed by atoms with van der Waals surface area (Å²) >= 11 is 0. The Balaban J connectivity index is 0.0000160. The molecule has 8 bridgehead atoms. The molecule has 5 saturated heterocycles. The van der Waals surface area contributed by atoms with E-state index < -0.39 is 0 Å². The standard InChI is InChI=1S/C96H184N8O8.Ni/c1-9-17-25-33-41-49-57-105-81-65-73-74(66-82(81)106-58-50-42-34-26-18-10-2)90-97-89(73)101-91-75-67-83(107-59-51-43-35-27-19-11-3)84(108-60-52-44-36-28-20-12-4)68-76(75)93(98-91)103-95-79-71-87(111-63-55-47-39-31-23-15-7)88(112-64-56-48-40-32-24-16-8)72-80(79)96(100-95)104-94-78-70-86(110-62-54-46-38-30-22-14-6)85(69-77(78)92(99-94)102-90)109-61-53-45-37-29-21-13-5;/h73-104H,9-72H2,1-8H3;/q;+2. The SMILES string of the molecule is CCCCCCCCOC1CC2C3NC(NC4NC(NC5NC(NC6NC(N3)C3CC(OCCCCCCCC)C(OCCCCCCCC)CC63)C3CC(OCCCCCCCC)C(OCCCCCCCC)CC53)C3CC(OCCCCCCCC)C(OCCCCCCCC)CC43)C2CC1OCCCCCCCC.[Ni+2]. The van der Waals surface area contributed by atoms with Crippen LogP contribution in [0, 0.1) is 47.3 Å². The summed E-state index contributed by atoms with van der Waals surface area (Å²) in [6, 6.07) is 0. The molecule has 664 valence electrons. The van der Waals surface area contributed by atoms with Gasteiger partial charge in [0.1, 0.15) is 0 Å². The van der Waals surface area contributed by atoms with Crippen molar-refractivity contribution >= 4 is 0 Å². The van der Waals surface area contributed by atoms with Gasteiger partial charge in [0.15, 0.2) is 0 Å². The number of nitrogens with one attached hydrogen (secondary N) is 8. The topological polar surface area (TPSA) is 170 Å². The van der Waals surface area contributed by atoms with Crippen LogP contribution in [0.3, 0.4) is 0 Å². The van der Waals surface area contributed by atoms with Crippen molar-refractivity contribution in [1.29, 1.82) is 0 Å². The van der Waals surface area contributed by atoms with Crippen LogP contribution in [0.5, 0.6) is 0 Å². The molecule has 0 spiro atoms. The number of rotatable bonds is 64. The molecule has 9 aliphatic rings. The van der Waals surface area contributed by atoms with Gasteiger partial charge in [-0.2, -0.15) is 0 Å². The average Bonchev–Trinajstić information content (AvgIpc) is 1.62. The molecule has 16 atom stereocenters. The molecule has 0 aromatic rings. The summed E-state index contributed by atoms with van der Waals surface area (Å²) in [4.78, 5) is 0. The van der Waals surface area contributed by atoms with Crippen LogP contribution in [0.2, 0.25) is 0 Å². The van der Waals surface area contributed by atoms with Gasteiger partial charge in [-0.3, -0.25) is 42.5 Å². The van der Waals surface area contributed by atoms with Gasteiger partial charge >= 0.3 is 16.5 Å². The first-order chi connectivity index (χ1) is 55.3. The summed E-state index contributed by atoms with van der Waals surface area (Å²) in [5.41, 5.74) is 0. The van der Waals surface area contributed by atoms with Crippen molar-refractivity contribution in [1.82, 2.24) is 42.5 Å². The van der Waals surface area contributed by atoms with Crippen LogP contribution in [-0.4, -0.2) is 151 Å². The molecule has 113 heavy (non-hydrogen) atoms. The zero-order valence-corrected chi connectivity index (χ0v) is 75.7. The minimum absolute atomic E-state index is 0. The maximum absolute atomic E-state index is 7.30. The van der Waals surface area contributed by atoms with Crippen molar-refractivity contribution < 1.29 is 54.4 Å². The average molecular weight is 1640 g/mol. The zero-order valence-electron chi connectivity index (χ0n) is 74.7. The van der Waals surface area contributed by atoms with Gasteiger partial charge in [0.25, 0.3) is 0 Å². The molecule has 17 heteroatoms. The van der Waals surface area contributed by atoms with Crippen molar-refractivity contribution in [2.45, 2.75) is 513 Å². The summed E-state index contributed by atoms with van der Waals surface area (Å²) in [7, 11) is 0. The van der Waals surface area contributed by atoms with Crippen molar-refractivity contribution in [2.75, 3.05) is 52.9 Å². The first-order valence-corrected chi connectivity index (χ1v) is 50.3. The summed E-state index contributed by atoms with van der Waals surface area (Å²) in [6.45, 7) is 25.1.